The number of para-hydroxylation sites is 2. The third kappa shape index (κ3) is 6.08. The number of anilines is 1. The number of rotatable bonds is 8. The first-order valence-electron chi connectivity index (χ1n) is 10.6. The molecular formula is C20H27F3N4O5S2. The molecule has 3 rings (SSSR count). The molecule has 9 nitrogen and oxygen atoms in total. The Morgan fingerprint density at radius 3 is 2.18 bits per heavy atom. The summed E-state index contributed by atoms with van der Waals surface area (Å²) in [7, 11) is -7.44. The molecule has 1 aromatic heterocycles. The molecule has 1 saturated heterocycles. The fraction of sp³-hybridized carbons (Fsp3) is 0.600. The van der Waals surface area contributed by atoms with Crippen molar-refractivity contribution in [1.82, 2.24) is 14.3 Å². The fourth-order valence-corrected chi connectivity index (χ4v) is 5.82. The summed E-state index contributed by atoms with van der Waals surface area (Å²) in [5, 5.41) is 0. The van der Waals surface area contributed by atoms with Gasteiger partial charge in [-0.05, 0) is 31.4 Å². The van der Waals surface area contributed by atoms with Gasteiger partial charge in [-0.3, -0.25) is 4.72 Å². The second-order valence-corrected chi connectivity index (χ2v) is 12.5. The zero-order chi connectivity index (χ0) is 25.4. The van der Waals surface area contributed by atoms with Crippen LogP contribution in [0.4, 0.5) is 19.0 Å². The number of aromatic nitrogens is 2. The van der Waals surface area contributed by atoms with Crippen LogP contribution in [0.15, 0.2) is 24.3 Å². The topological polar surface area (TPSA) is 119 Å². The number of sulfonamides is 2. The SMILES string of the molecule is CCCS(=O)(=O)Nc1nc2ccccc2nc1OC(C(F)(F)F)C1(C)CCN(S(C)(=O)=O)CC1. The molecule has 0 amide bonds. The first-order valence-corrected chi connectivity index (χ1v) is 14.1. The van der Waals surface area contributed by atoms with Crippen LogP contribution >= 0.6 is 0 Å². The van der Waals surface area contributed by atoms with Crippen molar-refractivity contribution in [1.29, 1.82) is 0 Å². The fourth-order valence-electron chi connectivity index (χ4n) is 3.91. The molecule has 1 fully saturated rings. The zero-order valence-corrected chi connectivity index (χ0v) is 20.6. The molecule has 14 heteroatoms. The number of hydrogen-bond donors (Lipinski definition) is 1. The Balaban J connectivity index is 2.02. The monoisotopic (exact) mass is 524 g/mol. The molecule has 1 aromatic carbocycles. The first-order chi connectivity index (χ1) is 15.6. The van der Waals surface area contributed by atoms with E-state index in [4.69, 9.17) is 4.74 Å². The van der Waals surface area contributed by atoms with E-state index in [1.165, 1.54) is 13.0 Å². The molecule has 1 N–H and O–H groups in total. The standard InChI is InChI=1S/C20H27F3N4O5S2/c1-4-13-34(30,31)26-16-17(25-15-8-6-5-7-14(15)24-16)32-18(20(21,22)23)19(2)9-11-27(12-10-19)33(3,28)29/h5-8,18H,4,9-13H2,1-3H3,(H,24,26). The molecule has 1 unspecified atom stereocenters. The Morgan fingerprint density at radius 2 is 1.68 bits per heavy atom. The lowest BCUT2D eigenvalue weighted by atomic mass is 9.75. The summed E-state index contributed by atoms with van der Waals surface area (Å²) in [5.74, 6) is -1.28. The van der Waals surface area contributed by atoms with E-state index in [1.54, 1.807) is 25.1 Å². The Hall–Kier alpha value is -2.19. The minimum absolute atomic E-state index is 0.0926. The van der Waals surface area contributed by atoms with Crippen molar-refractivity contribution in [3.05, 3.63) is 24.3 Å². The highest BCUT2D eigenvalue weighted by atomic mass is 32.2. The molecule has 1 aliphatic heterocycles. The number of hydrogen-bond acceptors (Lipinski definition) is 7. The van der Waals surface area contributed by atoms with Crippen LogP contribution in [0.25, 0.3) is 11.0 Å². The number of ether oxygens (including phenoxy) is 1. The van der Waals surface area contributed by atoms with Crippen LogP contribution in [0.2, 0.25) is 0 Å². The molecule has 0 aliphatic carbocycles. The van der Waals surface area contributed by atoms with Crippen LogP contribution in [0, 0.1) is 5.41 Å². The minimum atomic E-state index is -4.84. The Labute approximate surface area is 196 Å². The number of alkyl halides is 3. The predicted octanol–water partition coefficient (Wildman–Crippen LogP) is 3.15. The van der Waals surface area contributed by atoms with E-state index in [2.05, 4.69) is 14.7 Å². The molecule has 1 atom stereocenters. The van der Waals surface area contributed by atoms with Gasteiger partial charge in [0.2, 0.25) is 32.0 Å². The quantitative estimate of drug-likeness (QED) is 0.564. The van der Waals surface area contributed by atoms with Crippen molar-refractivity contribution in [3.8, 4) is 5.88 Å². The van der Waals surface area contributed by atoms with Gasteiger partial charge in [-0.2, -0.15) is 13.2 Å². The lowest BCUT2D eigenvalue weighted by molar-refractivity contribution is -0.232. The van der Waals surface area contributed by atoms with Crippen LogP contribution in [-0.2, 0) is 20.0 Å². The Kier molecular flexibility index (Phi) is 7.35. The van der Waals surface area contributed by atoms with Gasteiger partial charge in [0.1, 0.15) is 0 Å². The molecule has 190 valence electrons. The van der Waals surface area contributed by atoms with E-state index in [0.29, 0.717) is 0 Å². The summed E-state index contributed by atoms with van der Waals surface area (Å²) in [6, 6.07) is 6.32. The van der Waals surface area contributed by atoms with Crippen LogP contribution < -0.4 is 9.46 Å². The molecule has 0 saturated carbocycles. The van der Waals surface area contributed by atoms with Crippen molar-refractivity contribution in [2.45, 2.75) is 45.4 Å². The van der Waals surface area contributed by atoms with Gasteiger partial charge in [0, 0.05) is 18.5 Å². The highest BCUT2D eigenvalue weighted by Gasteiger charge is 2.55. The summed E-state index contributed by atoms with van der Waals surface area (Å²) in [6.45, 7) is 2.83. The second-order valence-electron chi connectivity index (χ2n) is 8.64. The number of halogens is 3. The van der Waals surface area contributed by atoms with Crippen molar-refractivity contribution in [2.24, 2.45) is 5.41 Å². The van der Waals surface area contributed by atoms with Crippen LogP contribution in [0.1, 0.15) is 33.1 Å². The lowest BCUT2D eigenvalue weighted by Gasteiger charge is -2.43. The lowest BCUT2D eigenvalue weighted by Crippen LogP contribution is -2.53. The normalized spacial score (nSPS) is 18.5. The summed E-state index contributed by atoms with van der Waals surface area (Å²) in [5.41, 5.74) is -0.971. The minimum Gasteiger partial charge on any atom is -0.461 e. The van der Waals surface area contributed by atoms with E-state index < -0.39 is 49.4 Å². The van der Waals surface area contributed by atoms with Gasteiger partial charge < -0.3 is 4.74 Å². The largest absolute Gasteiger partial charge is 0.461 e. The zero-order valence-electron chi connectivity index (χ0n) is 19.0. The average molecular weight is 525 g/mol. The van der Waals surface area contributed by atoms with Crippen molar-refractivity contribution in [2.75, 3.05) is 29.8 Å². The van der Waals surface area contributed by atoms with Gasteiger partial charge in [0.15, 0.2) is 0 Å². The van der Waals surface area contributed by atoms with Crippen LogP contribution in [-0.4, -0.2) is 68.5 Å². The maximum atomic E-state index is 14.2. The van der Waals surface area contributed by atoms with E-state index in [9.17, 15) is 30.0 Å². The van der Waals surface area contributed by atoms with E-state index >= 15 is 0 Å². The molecule has 0 radical (unpaired) electrons. The smallest absolute Gasteiger partial charge is 0.426 e. The van der Waals surface area contributed by atoms with Gasteiger partial charge in [-0.15, -0.1) is 0 Å². The Bertz CT molecular complexity index is 1240. The number of piperidine rings is 1. The Morgan fingerprint density at radius 1 is 1.12 bits per heavy atom. The first kappa shape index (κ1) is 26.4. The van der Waals surface area contributed by atoms with Crippen LogP contribution in [0.5, 0.6) is 5.88 Å². The number of nitrogens with zero attached hydrogens (tertiary/aromatic N) is 3. The molecule has 34 heavy (non-hydrogen) atoms. The number of fused-ring (bicyclic) bond motifs is 1. The molecule has 2 heterocycles. The van der Waals surface area contributed by atoms with E-state index in [0.717, 1.165) is 10.6 Å². The van der Waals surface area contributed by atoms with E-state index in [1.807, 2.05) is 0 Å². The third-order valence-electron chi connectivity index (χ3n) is 5.76. The predicted molar refractivity (Wildman–Crippen MR) is 121 cm³/mol. The van der Waals surface area contributed by atoms with Gasteiger partial charge in [0.25, 0.3) is 5.88 Å². The average Bonchev–Trinajstić information content (AvgIpc) is 2.70. The molecule has 1 aliphatic rings. The highest BCUT2D eigenvalue weighted by Crippen LogP contribution is 2.44. The summed E-state index contributed by atoms with van der Waals surface area (Å²) in [6.07, 6.45) is -6.13. The maximum absolute atomic E-state index is 14.2. The molecule has 2 aromatic rings. The summed E-state index contributed by atoms with van der Waals surface area (Å²) < 4.78 is 99.7. The van der Waals surface area contributed by atoms with Gasteiger partial charge in [-0.1, -0.05) is 26.0 Å². The molecular weight excluding hydrogens is 497 g/mol. The number of nitrogens with one attached hydrogen (secondary N) is 1. The van der Waals surface area contributed by atoms with Crippen molar-refractivity contribution < 1.29 is 34.7 Å². The highest BCUT2D eigenvalue weighted by molar-refractivity contribution is 7.92. The van der Waals surface area contributed by atoms with Gasteiger partial charge in [0.05, 0.1) is 23.0 Å². The van der Waals surface area contributed by atoms with E-state index in [-0.39, 0.29) is 49.1 Å². The summed E-state index contributed by atoms with van der Waals surface area (Å²) >= 11 is 0. The van der Waals surface area contributed by atoms with Crippen molar-refractivity contribution in [3.63, 3.8) is 0 Å². The third-order valence-corrected chi connectivity index (χ3v) is 8.51. The summed E-state index contributed by atoms with van der Waals surface area (Å²) in [4.78, 5) is 8.29. The van der Waals surface area contributed by atoms with Crippen LogP contribution in [0.3, 0.4) is 0 Å². The number of benzene rings is 1. The van der Waals surface area contributed by atoms with Crippen molar-refractivity contribution >= 4 is 36.9 Å². The molecule has 0 spiro atoms. The molecule has 0 bridgehead atoms. The van der Waals surface area contributed by atoms with Gasteiger partial charge in [-0.25, -0.2) is 31.1 Å². The second kappa shape index (κ2) is 9.46. The van der Waals surface area contributed by atoms with Gasteiger partial charge >= 0.3 is 6.18 Å². The maximum Gasteiger partial charge on any atom is 0.426 e.